The minimum absolute atomic E-state index is 0.0401. The van der Waals surface area contributed by atoms with Crippen LogP contribution in [0.2, 0.25) is 0 Å². The lowest BCUT2D eigenvalue weighted by molar-refractivity contribution is 0.588. The molecule has 12 rings (SSSR count). The molecule has 0 amide bonds. The van der Waals surface area contributed by atoms with Crippen LogP contribution in [0.4, 0.5) is 22.7 Å². The maximum atomic E-state index is 5.36. The summed E-state index contributed by atoms with van der Waals surface area (Å²) in [5.74, 6) is 2.73. The molecule has 0 radical (unpaired) electrons. The lowest BCUT2D eigenvalue weighted by Gasteiger charge is -2.27. The van der Waals surface area contributed by atoms with Crippen molar-refractivity contribution in [2.24, 2.45) is 0 Å². The third-order valence-corrected chi connectivity index (χ3v) is 13.8. The molecule has 11 aromatic rings. The summed E-state index contributed by atoms with van der Waals surface area (Å²) in [6.45, 7) is 11.6. The van der Waals surface area contributed by atoms with E-state index < -0.39 is 0 Å². The Hall–Kier alpha value is -8.68. The van der Waals surface area contributed by atoms with E-state index >= 15 is 0 Å². The molecule has 7 nitrogen and oxygen atoms in total. The molecule has 4 heterocycles. The maximum Gasteiger partial charge on any atom is 0.164 e. The van der Waals surface area contributed by atoms with Crippen LogP contribution in [0.1, 0.15) is 37.5 Å². The van der Waals surface area contributed by atoms with Crippen LogP contribution in [-0.4, -0.2) is 31.2 Å². The van der Waals surface area contributed by atoms with Gasteiger partial charge in [0.05, 0.1) is 28.1 Å². The zero-order valence-electron chi connectivity index (χ0n) is 40.0. The molecule has 0 fully saturated rings. The topological polar surface area (TPSA) is 63.0 Å². The molecule has 0 bridgehead atoms. The van der Waals surface area contributed by atoms with Crippen molar-refractivity contribution < 1.29 is 0 Å². The molecular weight excluding hydrogens is 855 g/mol. The van der Waals surface area contributed by atoms with Crippen molar-refractivity contribution in [3.05, 3.63) is 223 Å². The molecule has 0 spiro atoms. The Morgan fingerprint density at radius 2 is 1.00 bits per heavy atom. The first-order chi connectivity index (χ1) is 34.2. The van der Waals surface area contributed by atoms with E-state index in [1.54, 1.807) is 0 Å². The third-order valence-electron chi connectivity index (χ3n) is 13.8. The Labute approximate surface area is 409 Å². The van der Waals surface area contributed by atoms with Gasteiger partial charge < -0.3 is 9.80 Å². The highest BCUT2D eigenvalue weighted by molar-refractivity contribution is 6.10. The first-order valence-corrected chi connectivity index (χ1v) is 24.0. The van der Waals surface area contributed by atoms with Crippen molar-refractivity contribution in [2.75, 3.05) is 16.5 Å². The Kier molecular flexibility index (Phi) is 10.4. The summed E-state index contributed by atoms with van der Waals surface area (Å²) in [5.41, 5.74) is 17.5. The Bertz CT molecular complexity index is 3700. The molecule has 0 unspecified atom stereocenters. The summed E-state index contributed by atoms with van der Waals surface area (Å²) in [6.07, 6.45) is 1.92. The number of pyridine rings is 1. The van der Waals surface area contributed by atoms with E-state index in [0.717, 1.165) is 67.1 Å². The number of nitrogens with zero attached hydrogens (tertiary/aromatic N) is 7. The second-order valence-electron chi connectivity index (χ2n) is 19.3. The van der Waals surface area contributed by atoms with Crippen LogP contribution in [0.3, 0.4) is 0 Å². The number of para-hydroxylation sites is 4. The van der Waals surface area contributed by atoms with Crippen LogP contribution in [0.15, 0.2) is 206 Å². The van der Waals surface area contributed by atoms with Gasteiger partial charge in [0, 0.05) is 50.5 Å². The predicted molar refractivity (Wildman–Crippen MR) is 289 cm³/mol. The second-order valence-corrected chi connectivity index (χ2v) is 19.3. The van der Waals surface area contributed by atoms with Crippen molar-refractivity contribution in [3.63, 3.8) is 0 Å². The van der Waals surface area contributed by atoms with Gasteiger partial charge in [0.2, 0.25) is 0 Å². The van der Waals surface area contributed by atoms with Gasteiger partial charge in [-0.3, -0.25) is 4.57 Å². The summed E-state index contributed by atoms with van der Waals surface area (Å²) in [4.78, 5) is 25.8. The fourth-order valence-corrected chi connectivity index (χ4v) is 10.3. The molecule has 3 aromatic heterocycles. The lowest BCUT2D eigenvalue weighted by Crippen LogP contribution is -2.25. The first kappa shape index (κ1) is 42.7. The van der Waals surface area contributed by atoms with Gasteiger partial charge >= 0.3 is 0 Å². The number of fused-ring (bicyclic) bond motifs is 4. The van der Waals surface area contributed by atoms with Crippen LogP contribution < -0.4 is 9.80 Å². The fraction of sp³-hybridized carbons (Fsp3) is 0.111. The molecule has 0 saturated carbocycles. The largest absolute Gasteiger partial charge is 0.321 e. The highest BCUT2D eigenvalue weighted by Crippen LogP contribution is 2.50. The quantitative estimate of drug-likeness (QED) is 0.151. The highest BCUT2D eigenvalue weighted by atomic mass is 15.4. The van der Waals surface area contributed by atoms with Gasteiger partial charge in [0.15, 0.2) is 17.5 Å². The van der Waals surface area contributed by atoms with E-state index in [-0.39, 0.29) is 5.41 Å². The number of aromatic nitrogens is 5. The van der Waals surface area contributed by atoms with E-state index in [4.69, 9.17) is 19.9 Å². The predicted octanol–water partition coefficient (Wildman–Crippen LogP) is 15.9. The summed E-state index contributed by atoms with van der Waals surface area (Å²) < 4.78 is 2.28. The first-order valence-electron chi connectivity index (χ1n) is 24.0. The number of benzene rings is 8. The van der Waals surface area contributed by atoms with Gasteiger partial charge in [-0.1, -0.05) is 172 Å². The molecular formula is C63H51N7. The molecule has 1 aliphatic rings. The van der Waals surface area contributed by atoms with Crippen molar-refractivity contribution in [1.82, 2.24) is 24.5 Å². The van der Waals surface area contributed by atoms with Crippen LogP contribution in [-0.2, 0) is 5.41 Å². The smallest absolute Gasteiger partial charge is 0.164 e. The van der Waals surface area contributed by atoms with Crippen LogP contribution in [0.5, 0.6) is 0 Å². The van der Waals surface area contributed by atoms with Gasteiger partial charge in [-0.25, -0.2) is 19.9 Å². The van der Waals surface area contributed by atoms with Crippen molar-refractivity contribution in [2.45, 2.75) is 40.0 Å². The fourth-order valence-electron chi connectivity index (χ4n) is 10.3. The summed E-state index contributed by atoms with van der Waals surface area (Å²) in [6, 6.07) is 71.3. The lowest BCUT2D eigenvalue weighted by atomic mass is 9.88. The Balaban J connectivity index is 1.00. The zero-order valence-corrected chi connectivity index (χ0v) is 40.0. The molecule has 338 valence electrons. The number of hydrogen-bond acceptors (Lipinski definition) is 6. The van der Waals surface area contributed by atoms with Crippen LogP contribution in [0.25, 0.3) is 84.0 Å². The van der Waals surface area contributed by atoms with Crippen molar-refractivity contribution >= 4 is 44.6 Å². The van der Waals surface area contributed by atoms with E-state index in [1.165, 1.54) is 38.9 Å². The average molecular weight is 906 g/mol. The van der Waals surface area contributed by atoms with Gasteiger partial charge in [-0.2, -0.15) is 0 Å². The van der Waals surface area contributed by atoms with E-state index in [0.29, 0.717) is 24.1 Å². The maximum absolute atomic E-state index is 5.36. The highest BCUT2D eigenvalue weighted by Gasteiger charge is 2.32. The van der Waals surface area contributed by atoms with Gasteiger partial charge in [0.25, 0.3) is 0 Å². The minimum atomic E-state index is -0.0401. The summed E-state index contributed by atoms with van der Waals surface area (Å²) in [5, 5.41) is 2.31. The molecule has 0 N–H and O–H groups in total. The SMILES string of the molecule is Cc1cccc(C)c1-c1nc(-c2cccc(N3CN(c4c(-c5ccccc5)cccc4-c4ccccc4)c4ccccc43)c2)nc(-c2ccc3c4ccccc4n(-c4cc(C(C)(C)C)ccn4)c3c2)n1. The molecule has 70 heavy (non-hydrogen) atoms. The van der Waals surface area contributed by atoms with Gasteiger partial charge in [-0.05, 0) is 95.6 Å². The normalized spacial score (nSPS) is 12.5. The minimum Gasteiger partial charge on any atom is -0.321 e. The molecule has 7 heteroatoms. The third kappa shape index (κ3) is 7.47. The number of anilines is 4. The second kappa shape index (κ2) is 17.1. The molecule has 0 atom stereocenters. The standard InChI is InChI=1S/C63H51N7/c1-41-19-16-20-42(2)58(41)62-66-60(65-61(67-62)46-33-34-52-51-27-12-13-30-53(51)70(56(52)38-46)57-39-47(35-36-64-57)63(3,4)5)45-25-17-26-48(37-45)68-40-69(55-32-15-14-31-54(55)68)59-49(43-21-8-6-9-22-43)28-18-29-50(59)44-23-10-7-11-24-44/h6-39H,40H2,1-5H3. The van der Waals surface area contributed by atoms with Crippen molar-refractivity contribution in [1.29, 1.82) is 0 Å². The summed E-state index contributed by atoms with van der Waals surface area (Å²) in [7, 11) is 0. The van der Waals surface area contributed by atoms with Crippen molar-refractivity contribution in [3.8, 4) is 62.2 Å². The van der Waals surface area contributed by atoms with Crippen LogP contribution in [0, 0.1) is 13.8 Å². The zero-order chi connectivity index (χ0) is 47.5. The van der Waals surface area contributed by atoms with Crippen LogP contribution >= 0.6 is 0 Å². The average Bonchev–Trinajstić information content (AvgIpc) is 3.95. The molecule has 0 aliphatic carbocycles. The number of aryl methyl sites for hydroxylation is 2. The Morgan fingerprint density at radius 3 is 1.69 bits per heavy atom. The molecule has 8 aromatic carbocycles. The monoisotopic (exact) mass is 905 g/mol. The van der Waals surface area contributed by atoms with E-state index in [9.17, 15) is 0 Å². The van der Waals surface area contributed by atoms with E-state index in [2.05, 4.69) is 249 Å². The number of rotatable bonds is 8. The van der Waals surface area contributed by atoms with E-state index in [1.807, 2.05) is 6.20 Å². The summed E-state index contributed by atoms with van der Waals surface area (Å²) >= 11 is 0. The van der Waals surface area contributed by atoms with Gasteiger partial charge in [-0.15, -0.1) is 0 Å². The Morgan fingerprint density at radius 1 is 0.443 bits per heavy atom. The van der Waals surface area contributed by atoms with Gasteiger partial charge in [0.1, 0.15) is 12.5 Å². The number of hydrogen-bond donors (Lipinski definition) is 0. The molecule has 1 aliphatic heterocycles. The molecule has 0 saturated heterocycles.